The summed E-state index contributed by atoms with van der Waals surface area (Å²) >= 11 is 1.35. The van der Waals surface area contributed by atoms with Crippen LogP contribution in [0.4, 0.5) is 0 Å². The van der Waals surface area contributed by atoms with E-state index in [1.165, 1.54) is 11.8 Å². The van der Waals surface area contributed by atoms with Crippen LogP contribution >= 0.6 is 11.8 Å². The Hall–Kier alpha value is -4.10. The molecule has 0 saturated carbocycles. The summed E-state index contributed by atoms with van der Waals surface area (Å²) in [4.78, 5) is 18.6. The van der Waals surface area contributed by atoms with Gasteiger partial charge in [-0.25, -0.2) is 0 Å². The number of aliphatic imine (C=N–C) groups is 1. The Morgan fingerprint density at radius 1 is 0.972 bits per heavy atom. The summed E-state index contributed by atoms with van der Waals surface area (Å²) in [5.74, 6) is 1.28. The van der Waals surface area contributed by atoms with Crippen LogP contribution < -0.4 is 9.47 Å². The summed E-state index contributed by atoms with van der Waals surface area (Å²) in [6.45, 7) is 4.91. The molecule has 0 unspecified atom stereocenters. The maximum Gasteiger partial charge on any atom is 0.283 e. The normalized spacial score (nSPS) is 16.1. The number of benzene rings is 3. The van der Waals surface area contributed by atoms with Gasteiger partial charge >= 0.3 is 0 Å². The molecule has 0 aromatic heterocycles. The molecule has 3 aromatic carbocycles. The fraction of sp³-hybridized carbons (Fsp3) is 0.138. The predicted octanol–water partition coefficient (Wildman–Crippen LogP) is 6.07. The summed E-state index contributed by atoms with van der Waals surface area (Å²) in [7, 11) is 0. The molecule has 6 nitrogen and oxygen atoms in total. The van der Waals surface area contributed by atoms with E-state index in [4.69, 9.17) is 14.9 Å². The molecular formula is C29H25N3O3S. The fourth-order valence-corrected chi connectivity index (χ4v) is 4.80. The summed E-state index contributed by atoms with van der Waals surface area (Å²) in [6, 6.07) is 23.3. The van der Waals surface area contributed by atoms with Gasteiger partial charge in [0, 0.05) is 5.41 Å². The number of nitrogens with zero attached hydrogens (tertiary/aromatic N) is 2. The standard InChI is InChI=1S/C29H25N3O3S/c1-19-8-9-20(2)26(16-19)35-15-14-34-23-12-10-21(11-13-23)17-24-27(30)32-25(22-6-4-3-5-7-22)18-36-29(32)31-28(24)33/h3-13,16-18,30H,14-15H2,1-2H3. The molecule has 2 heterocycles. The number of amides is 1. The van der Waals surface area contributed by atoms with E-state index in [9.17, 15) is 4.79 Å². The fourth-order valence-electron chi connectivity index (χ4n) is 3.92. The Labute approximate surface area is 214 Å². The lowest BCUT2D eigenvalue weighted by atomic mass is 10.1. The van der Waals surface area contributed by atoms with Crippen LogP contribution in [0.25, 0.3) is 11.8 Å². The van der Waals surface area contributed by atoms with Gasteiger partial charge in [-0.05, 0) is 60.4 Å². The van der Waals surface area contributed by atoms with Crippen LogP contribution in [0.2, 0.25) is 0 Å². The molecule has 0 spiro atoms. The van der Waals surface area contributed by atoms with Gasteiger partial charge in [-0.3, -0.25) is 15.1 Å². The number of aryl methyl sites for hydroxylation is 2. The SMILES string of the molecule is Cc1ccc(C)c(OCCOc2ccc(C=C3C(=N)N4C(c5ccccc5)=CSC4=NC3=O)cc2)c1. The highest BCUT2D eigenvalue weighted by Gasteiger charge is 2.36. The third-order valence-corrected chi connectivity index (χ3v) is 6.65. The molecule has 2 aliphatic heterocycles. The Bertz CT molecular complexity index is 1410. The molecule has 0 bridgehead atoms. The Kier molecular flexibility index (Phi) is 6.73. The van der Waals surface area contributed by atoms with E-state index in [-0.39, 0.29) is 11.4 Å². The zero-order valence-corrected chi connectivity index (χ0v) is 20.8. The van der Waals surface area contributed by atoms with E-state index < -0.39 is 5.91 Å². The molecule has 0 atom stereocenters. The van der Waals surface area contributed by atoms with Gasteiger partial charge in [0.15, 0.2) is 5.17 Å². The third-order valence-electron chi connectivity index (χ3n) is 5.83. The molecule has 3 aromatic rings. The average Bonchev–Trinajstić information content (AvgIpc) is 3.31. The monoisotopic (exact) mass is 495 g/mol. The van der Waals surface area contributed by atoms with E-state index in [2.05, 4.69) is 11.1 Å². The van der Waals surface area contributed by atoms with Crippen molar-refractivity contribution in [2.24, 2.45) is 4.99 Å². The number of rotatable bonds is 7. The molecule has 1 amide bonds. The predicted molar refractivity (Wildman–Crippen MR) is 145 cm³/mol. The molecule has 180 valence electrons. The van der Waals surface area contributed by atoms with Crippen LogP contribution in [0.1, 0.15) is 22.3 Å². The molecule has 0 aliphatic carbocycles. The summed E-state index contributed by atoms with van der Waals surface area (Å²) in [6.07, 6.45) is 1.70. The van der Waals surface area contributed by atoms with Crippen LogP contribution in [0.5, 0.6) is 11.5 Å². The first kappa shape index (κ1) is 23.6. The quantitative estimate of drug-likeness (QED) is 0.318. The van der Waals surface area contributed by atoms with E-state index in [0.717, 1.165) is 33.7 Å². The lowest BCUT2D eigenvalue weighted by Gasteiger charge is -2.26. The van der Waals surface area contributed by atoms with Crippen molar-refractivity contribution in [1.82, 2.24) is 4.90 Å². The van der Waals surface area contributed by atoms with E-state index in [1.54, 1.807) is 11.0 Å². The number of hydrogen-bond donors (Lipinski definition) is 1. The highest BCUT2D eigenvalue weighted by atomic mass is 32.2. The molecule has 7 heteroatoms. The van der Waals surface area contributed by atoms with Gasteiger partial charge in [0.25, 0.3) is 5.91 Å². The molecule has 36 heavy (non-hydrogen) atoms. The number of carbonyl (C=O) groups is 1. The highest BCUT2D eigenvalue weighted by molar-refractivity contribution is 8.17. The second-order valence-electron chi connectivity index (χ2n) is 8.46. The Balaban J connectivity index is 1.24. The van der Waals surface area contributed by atoms with Gasteiger partial charge in [-0.1, -0.05) is 66.4 Å². The largest absolute Gasteiger partial charge is 0.490 e. The van der Waals surface area contributed by atoms with Crippen LogP contribution in [-0.4, -0.2) is 35.0 Å². The number of amidine groups is 2. The maximum absolute atomic E-state index is 12.7. The second kappa shape index (κ2) is 10.3. The molecule has 1 N–H and O–H groups in total. The van der Waals surface area contributed by atoms with Gasteiger partial charge in [-0.2, -0.15) is 4.99 Å². The van der Waals surface area contributed by atoms with Gasteiger partial charge in [-0.15, -0.1) is 0 Å². The van der Waals surface area contributed by atoms with E-state index in [1.807, 2.05) is 86.0 Å². The highest BCUT2D eigenvalue weighted by Crippen LogP contribution is 2.37. The van der Waals surface area contributed by atoms with Gasteiger partial charge in [0.2, 0.25) is 0 Å². The van der Waals surface area contributed by atoms with Gasteiger partial charge in [0.1, 0.15) is 30.5 Å². The number of ether oxygens (including phenoxy) is 2. The lowest BCUT2D eigenvalue weighted by Crippen LogP contribution is -2.38. The molecule has 0 fully saturated rings. The molecule has 2 aliphatic rings. The zero-order valence-electron chi connectivity index (χ0n) is 20.0. The summed E-state index contributed by atoms with van der Waals surface area (Å²) in [5.41, 5.74) is 5.10. The lowest BCUT2D eigenvalue weighted by molar-refractivity contribution is -0.114. The third kappa shape index (κ3) is 4.97. The number of fused-ring (bicyclic) bond motifs is 1. The second-order valence-corrected chi connectivity index (χ2v) is 9.30. The van der Waals surface area contributed by atoms with Crippen molar-refractivity contribution >= 4 is 40.4 Å². The number of thioether (sulfide) groups is 1. The van der Waals surface area contributed by atoms with E-state index >= 15 is 0 Å². The summed E-state index contributed by atoms with van der Waals surface area (Å²) in [5, 5.41) is 11.2. The molecule has 0 saturated heterocycles. The maximum atomic E-state index is 12.7. The average molecular weight is 496 g/mol. The first-order valence-corrected chi connectivity index (χ1v) is 12.5. The smallest absolute Gasteiger partial charge is 0.283 e. The van der Waals surface area contributed by atoms with Gasteiger partial charge in [0.05, 0.1) is 11.3 Å². The van der Waals surface area contributed by atoms with Crippen molar-refractivity contribution in [3.63, 3.8) is 0 Å². The number of nitrogens with one attached hydrogen (secondary N) is 1. The van der Waals surface area contributed by atoms with E-state index in [0.29, 0.717) is 24.1 Å². The topological polar surface area (TPSA) is 75.0 Å². The first-order chi connectivity index (χ1) is 17.5. The van der Waals surface area contributed by atoms with Crippen LogP contribution in [0, 0.1) is 19.3 Å². The van der Waals surface area contributed by atoms with Crippen molar-refractivity contribution in [2.45, 2.75) is 13.8 Å². The number of carbonyl (C=O) groups excluding carboxylic acids is 1. The zero-order chi connectivity index (χ0) is 25.1. The van der Waals surface area contributed by atoms with Crippen molar-refractivity contribution in [3.05, 3.63) is 106 Å². The van der Waals surface area contributed by atoms with Crippen LogP contribution in [-0.2, 0) is 4.79 Å². The van der Waals surface area contributed by atoms with Crippen LogP contribution in [0.15, 0.2) is 88.8 Å². The molecule has 0 radical (unpaired) electrons. The Morgan fingerprint density at radius 3 is 2.50 bits per heavy atom. The first-order valence-electron chi connectivity index (χ1n) is 11.6. The van der Waals surface area contributed by atoms with Gasteiger partial charge < -0.3 is 9.47 Å². The minimum absolute atomic E-state index is 0.119. The Morgan fingerprint density at radius 2 is 1.72 bits per heavy atom. The molecular weight excluding hydrogens is 470 g/mol. The molecule has 5 rings (SSSR count). The minimum Gasteiger partial charge on any atom is -0.490 e. The summed E-state index contributed by atoms with van der Waals surface area (Å²) < 4.78 is 11.7. The van der Waals surface area contributed by atoms with Crippen molar-refractivity contribution < 1.29 is 14.3 Å². The van der Waals surface area contributed by atoms with Crippen molar-refractivity contribution in [2.75, 3.05) is 13.2 Å². The van der Waals surface area contributed by atoms with Crippen molar-refractivity contribution in [3.8, 4) is 11.5 Å². The van der Waals surface area contributed by atoms with Crippen molar-refractivity contribution in [1.29, 1.82) is 5.41 Å². The minimum atomic E-state index is -0.412. The van der Waals surface area contributed by atoms with Crippen LogP contribution in [0.3, 0.4) is 0 Å². The number of hydrogen-bond acceptors (Lipinski definition) is 5.